The summed E-state index contributed by atoms with van der Waals surface area (Å²) in [6, 6.07) is 7.73. The van der Waals surface area contributed by atoms with Crippen LogP contribution in [0.15, 0.2) is 24.3 Å². The van der Waals surface area contributed by atoms with Gasteiger partial charge in [0, 0.05) is 0 Å². The van der Waals surface area contributed by atoms with Gasteiger partial charge >= 0.3 is 5.97 Å². The predicted molar refractivity (Wildman–Crippen MR) is 80.8 cm³/mol. The molecule has 1 aromatic rings. The van der Waals surface area contributed by atoms with Crippen LogP contribution in [0.4, 0.5) is 0 Å². The van der Waals surface area contributed by atoms with Crippen molar-refractivity contribution in [1.82, 2.24) is 0 Å². The van der Waals surface area contributed by atoms with E-state index in [9.17, 15) is 13.2 Å². The number of ether oxygens (including phenoxy) is 1. The van der Waals surface area contributed by atoms with Crippen LogP contribution < -0.4 is 0 Å². The Kier molecular flexibility index (Phi) is 6.36. The summed E-state index contributed by atoms with van der Waals surface area (Å²) in [5.41, 5.74) is 2.03. The zero-order valence-electron chi connectivity index (χ0n) is 12.6. The Hall–Kier alpha value is -1.40. The topological polar surface area (TPSA) is 80.7 Å². The fourth-order valence-electron chi connectivity index (χ4n) is 1.92. The molecule has 0 radical (unpaired) electrons. The molecule has 21 heavy (non-hydrogen) atoms. The average Bonchev–Trinajstić information content (AvgIpc) is 2.36. The molecule has 0 aliphatic carbocycles. The summed E-state index contributed by atoms with van der Waals surface area (Å²) >= 11 is 0. The average molecular weight is 314 g/mol. The van der Waals surface area contributed by atoms with Crippen molar-refractivity contribution in [3.63, 3.8) is 0 Å². The van der Waals surface area contributed by atoms with E-state index < -0.39 is 27.8 Å². The molecule has 0 saturated carbocycles. The highest BCUT2D eigenvalue weighted by Crippen LogP contribution is 2.18. The number of hydrogen-bond acceptors (Lipinski definition) is 4. The molecule has 0 amide bonds. The molecule has 5 nitrogen and oxygen atoms in total. The number of carbonyl (C=O) groups excluding carboxylic acids is 1. The van der Waals surface area contributed by atoms with E-state index in [1.54, 1.807) is 6.92 Å². The second-order valence-electron chi connectivity index (χ2n) is 5.51. The molecule has 0 spiro atoms. The second-order valence-corrected chi connectivity index (χ2v) is 7.09. The molecular formula is C15H22O5S. The van der Waals surface area contributed by atoms with Crippen LogP contribution in [0, 0.1) is 5.92 Å². The minimum atomic E-state index is -4.10. The minimum absolute atomic E-state index is 0.340. The summed E-state index contributed by atoms with van der Waals surface area (Å²) in [5.74, 6) is -0.993. The van der Waals surface area contributed by atoms with E-state index in [4.69, 9.17) is 9.29 Å². The third-order valence-electron chi connectivity index (χ3n) is 3.06. The van der Waals surface area contributed by atoms with Crippen LogP contribution >= 0.6 is 0 Å². The van der Waals surface area contributed by atoms with Crippen LogP contribution in [0.5, 0.6) is 0 Å². The van der Waals surface area contributed by atoms with Gasteiger partial charge in [-0.25, -0.2) is 0 Å². The molecule has 0 bridgehead atoms. The molecule has 1 aromatic carbocycles. The zero-order valence-corrected chi connectivity index (χ0v) is 13.4. The molecule has 0 fully saturated rings. The van der Waals surface area contributed by atoms with Gasteiger partial charge in [-0.05, 0) is 30.4 Å². The van der Waals surface area contributed by atoms with Crippen LogP contribution in [0.1, 0.15) is 37.8 Å². The van der Waals surface area contributed by atoms with Gasteiger partial charge in [-0.1, -0.05) is 38.1 Å². The highest BCUT2D eigenvalue weighted by molar-refractivity contribution is 7.85. The Balaban J connectivity index is 2.57. The van der Waals surface area contributed by atoms with Crippen LogP contribution in [-0.4, -0.2) is 31.3 Å². The SMILES string of the molecule is CC(C)Cc1ccc(C(C)C(=O)OCCS(=O)(=O)O)cc1. The van der Waals surface area contributed by atoms with Gasteiger partial charge < -0.3 is 4.74 Å². The largest absolute Gasteiger partial charge is 0.464 e. The summed E-state index contributed by atoms with van der Waals surface area (Å²) in [6.45, 7) is 5.65. The lowest BCUT2D eigenvalue weighted by Crippen LogP contribution is -2.18. The van der Waals surface area contributed by atoms with Crippen molar-refractivity contribution in [2.45, 2.75) is 33.1 Å². The molecule has 0 saturated heterocycles. The Morgan fingerprint density at radius 1 is 1.19 bits per heavy atom. The lowest BCUT2D eigenvalue weighted by atomic mass is 9.97. The van der Waals surface area contributed by atoms with Crippen molar-refractivity contribution < 1.29 is 22.5 Å². The summed E-state index contributed by atoms with van der Waals surface area (Å²) in [7, 11) is -4.10. The molecule has 118 valence electrons. The number of hydrogen-bond donors (Lipinski definition) is 1. The van der Waals surface area contributed by atoms with Crippen molar-refractivity contribution in [3.8, 4) is 0 Å². The summed E-state index contributed by atoms with van der Waals surface area (Å²) in [4.78, 5) is 11.8. The van der Waals surface area contributed by atoms with E-state index in [0.29, 0.717) is 5.92 Å². The summed E-state index contributed by atoms with van der Waals surface area (Å²) in [6.07, 6.45) is 0.980. The lowest BCUT2D eigenvalue weighted by molar-refractivity contribution is -0.144. The maximum Gasteiger partial charge on any atom is 0.313 e. The van der Waals surface area contributed by atoms with E-state index in [1.807, 2.05) is 24.3 Å². The first-order valence-electron chi connectivity index (χ1n) is 6.89. The first-order valence-corrected chi connectivity index (χ1v) is 8.50. The van der Waals surface area contributed by atoms with Crippen LogP contribution in [0.3, 0.4) is 0 Å². The Morgan fingerprint density at radius 3 is 2.24 bits per heavy atom. The first kappa shape index (κ1) is 17.7. The van der Waals surface area contributed by atoms with E-state index >= 15 is 0 Å². The first-order chi connectivity index (χ1) is 9.69. The molecular weight excluding hydrogens is 292 g/mol. The molecule has 1 rings (SSSR count). The van der Waals surface area contributed by atoms with E-state index in [2.05, 4.69) is 13.8 Å². The highest BCUT2D eigenvalue weighted by atomic mass is 32.2. The monoisotopic (exact) mass is 314 g/mol. The molecule has 0 aliphatic rings. The quantitative estimate of drug-likeness (QED) is 0.617. The number of benzene rings is 1. The number of esters is 1. The Bertz CT molecular complexity index is 560. The van der Waals surface area contributed by atoms with Gasteiger partial charge in [0.25, 0.3) is 10.1 Å². The molecule has 1 atom stereocenters. The van der Waals surface area contributed by atoms with Crippen LogP contribution in [0.25, 0.3) is 0 Å². The molecule has 0 heterocycles. The Morgan fingerprint density at radius 2 is 1.76 bits per heavy atom. The van der Waals surface area contributed by atoms with Gasteiger partial charge in [-0.3, -0.25) is 9.35 Å². The van der Waals surface area contributed by atoms with Crippen molar-refractivity contribution in [3.05, 3.63) is 35.4 Å². The van der Waals surface area contributed by atoms with Crippen molar-refractivity contribution >= 4 is 16.1 Å². The predicted octanol–water partition coefficient (Wildman–Crippen LogP) is 2.42. The minimum Gasteiger partial charge on any atom is -0.464 e. The molecule has 1 N–H and O–H groups in total. The van der Waals surface area contributed by atoms with Gasteiger partial charge in [0.1, 0.15) is 12.4 Å². The van der Waals surface area contributed by atoms with Crippen molar-refractivity contribution in [2.75, 3.05) is 12.4 Å². The van der Waals surface area contributed by atoms with Crippen LogP contribution in [0.2, 0.25) is 0 Å². The third kappa shape index (κ3) is 6.73. The lowest BCUT2D eigenvalue weighted by Gasteiger charge is -2.12. The van der Waals surface area contributed by atoms with E-state index in [0.717, 1.165) is 12.0 Å². The Labute approximate surface area is 126 Å². The number of carbonyl (C=O) groups is 1. The van der Waals surface area contributed by atoms with Crippen molar-refractivity contribution in [1.29, 1.82) is 0 Å². The highest BCUT2D eigenvalue weighted by Gasteiger charge is 2.17. The maximum absolute atomic E-state index is 11.8. The standard InChI is InChI=1S/C15H22O5S/c1-11(2)10-13-4-6-14(7-5-13)12(3)15(16)20-8-9-21(17,18)19/h4-7,11-12H,8-10H2,1-3H3,(H,17,18,19). The van der Waals surface area contributed by atoms with E-state index in [1.165, 1.54) is 5.56 Å². The fraction of sp³-hybridized carbons (Fsp3) is 0.533. The maximum atomic E-state index is 11.8. The number of rotatable bonds is 7. The van der Waals surface area contributed by atoms with Gasteiger partial charge in [0.2, 0.25) is 0 Å². The van der Waals surface area contributed by atoms with Crippen LogP contribution in [-0.2, 0) is 26.1 Å². The van der Waals surface area contributed by atoms with Gasteiger partial charge in [-0.15, -0.1) is 0 Å². The summed E-state index contributed by atoms with van der Waals surface area (Å²) < 4.78 is 34.5. The zero-order chi connectivity index (χ0) is 16.0. The van der Waals surface area contributed by atoms with Gasteiger partial charge in [0.05, 0.1) is 5.92 Å². The molecule has 0 aliphatic heterocycles. The van der Waals surface area contributed by atoms with Crippen molar-refractivity contribution in [2.24, 2.45) is 5.92 Å². The summed E-state index contributed by atoms with van der Waals surface area (Å²) in [5, 5.41) is 0. The molecule has 6 heteroatoms. The fourth-order valence-corrected chi connectivity index (χ4v) is 2.22. The van der Waals surface area contributed by atoms with Gasteiger partial charge in [-0.2, -0.15) is 8.42 Å². The molecule has 1 unspecified atom stereocenters. The third-order valence-corrected chi connectivity index (χ3v) is 3.75. The molecule has 0 aromatic heterocycles. The normalized spacial score (nSPS) is 13.2. The van der Waals surface area contributed by atoms with Gasteiger partial charge in [0.15, 0.2) is 0 Å². The smallest absolute Gasteiger partial charge is 0.313 e. The second kappa shape index (κ2) is 7.56. The van der Waals surface area contributed by atoms with E-state index in [-0.39, 0.29) is 6.61 Å².